The summed E-state index contributed by atoms with van der Waals surface area (Å²) in [6, 6.07) is 4.16. The van der Waals surface area contributed by atoms with E-state index in [0.717, 1.165) is 19.0 Å². The topological polar surface area (TPSA) is 33.5 Å². The van der Waals surface area contributed by atoms with Gasteiger partial charge in [-0.1, -0.05) is 13.0 Å². The SMILES string of the molecule is CC1CC[NH+]([C@@H](C)C(=O)NCc2cccs2)CC1. The molecule has 0 spiro atoms. The van der Waals surface area contributed by atoms with Gasteiger partial charge in [0, 0.05) is 4.88 Å². The molecule has 3 nitrogen and oxygen atoms in total. The van der Waals surface area contributed by atoms with Crippen LogP contribution in [-0.2, 0) is 11.3 Å². The van der Waals surface area contributed by atoms with Gasteiger partial charge in [0.1, 0.15) is 0 Å². The van der Waals surface area contributed by atoms with Gasteiger partial charge in [-0.25, -0.2) is 0 Å². The molecule has 0 aromatic carbocycles. The number of piperidine rings is 1. The second-order valence-corrected chi connectivity index (χ2v) is 6.39. The van der Waals surface area contributed by atoms with E-state index in [4.69, 9.17) is 0 Å². The third kappa shape index (κ3) is 3.56. The molecule has 2 N–H and O–H groups in total. The van der Waals surface area contributed by atoms with Crippen LogP contribution in [0.4, 0.5) is 0 Å². The third-order valence-electron chi connectivity index (χ3n) is 3.94. The van der Waals surface area contributed by atoms with Crippen LogP contribution >= 0.6 is 11.3 Å². The average Bonchev–Trinajstić information content (AvgIpc) is 2.89. The highest BCUT2D eigenvalue weighted by molar-refractivity contribution is 7.09. The van der Waals surface area contributed by atoms with E-state index in [1.165, 1.54) is 22.6 Å². The van der Waals surface area contributed by atoms with Crippen LogP contribution in [0.25, 0.3) is 0 Å². The molecule has 0 unspecified atom stereocenters. The molecule has 1 aromatic rings. The largest absolute Gasteiger partial charge is 0.346 e. The van der Waals surface area contributed by atoms with Crippen molar-refractivity contribution in [1.29, 1.82) is 0 Å². The van der Waals surface area contributed by atoms with Crippen molar-refractivity contribution in [3.63, 3.8) is 0 Å². The Morgan fingerprint density at radius 3 is 2.89 bits per heavy atom. The Morgan fingerprint density at radius 2 is 2.28 bits per heavy atom. The zero-order valence-corrected chi connectivity index (χ0v) is 12.1. The molecular formula is C14H23N2OS+. The van der Waals surface area contributed by atoms with Gasteiger partial charge in [-0.3, -0.25) is 4.79 Å². The zero-order valence-electron chi connectivity index (χ0n) is 11.2. The summed E-state index contributed by atoms with van der Waals surface area (Å²) >= 11 is 1.69. The van der Waals surface area contributed by atoms with Crippen molar-refractivity contribution in [2.45, 2.75) is 39.3 Å². The minimum Gasteiger partial charge on any atom is -0.346 e. The van der Waals surface area contributed by atoms with Gasteiger partial charge in [-0.05, 0) is 37.1 Å². The molecule has 1 fully saturated rings. The zero-order chi connectivity index (χ0) is 13.0. The number of hydrogen-bond donors (Lipinski definition) is 2. The van der Waals surface area contributed by atoms with E-state index in [-0.39, 0.29) is 11.9 Å². The van der Waals surface area contributed by atoms with Gasteiger partial charge >= 0.3 is 0 Å². The number of amides is 1. The van der Waals surface area contributed by atoms with Crippen LogP contribution in [0.15, 0.2) is 17.5 Å². The van der Waals surface area contributed by atoms with Crippen molar-refractivity contribution in [3.8, 4) is 0 Å². The molecule has 2 heterocycles. The molecule has 1 aromatic heterocycles. The first kappa shape index (κ1) is 13.6. The maximum Gasteiger partial charge on any atom is 0.278 e. The number of thiophene rings is 1. The van der Waals surface area contributed by atoms with Crippen molar-refractivity contribution in [2.24, 2.45) is 5.92 Å². The van der Waals surface area contributed by atoms with Gasteiger partial charge < -0.3 is 10.2 Å². The van der Waals surface area contributed by atoms with Crippen LogP contribution < -0.4 is 10.2 Å². The molecule has 18 heavy (non-hydrogen) atoms. The standard InChI is InChI=1S/C14H22N2OS/c1-11-5-7-16(8-6-11)12(2)14(17)15-10-13-4-3-9-18-13/h3-4,9,11-12H,5-8,10H2,1-2H3,(H,15,17)/p+1/t12-/m0/s1. The fraction of sp³-hybridized carbons (Fsp3) is 0.643. The molecule has 1 saturated heterocycles. The summed E-state index contributed by atoms with van der Waals surface area (Å²) in [6.45, 7) is 7.29. The molecule has 2 rings (SSSR count). The normalized spacial score (nSPS) is 25.7. The lowest BCUT2D eigenvalue weighted by Crippen LogP contribution is -3.17. The van der Waals surface area contributed by atoms with Crippen molar-refractivity contribution in [2.75, 3.05) is 13.1 Å². The molecule has 0 saturated carbocycles. The lowest BCUT2D eigenvalue weighted by molar-refractivity contribution is -0.920. The maximum absolute atomic E-state index is 12.1. The smallest absolute Gasteiger partial charge is 0.278 e. The van der Waals surface area contributed by atoms with Crippen LogP contribution in [0, 0.1) is 5.92 Å². The maximum atomic E-state index is 12.1. The van der Waals surface area contributed by atoms with E-state index >= 15 is 0 Å². The predicted molar refractivity (Wildman–Crippen MR) is 74.7 cm³/mol. The van der Waals surface area contributed by atoms with Crippen LogP contribution in [0.5, 0.6) is 0 Å². The molecule has 0 radical (unpaired) electrons. The Bertz CT molecular complexity index is 369. The first-order chi connectivity index (χ1) is 8.66. The molecule has 1 amide bonds. The lowest BCUT2D eigenvalue weighted by atomic mass is 9.98. The first-order valence-electron chi connectivity index (χ1n) is 6.81. The molecule has 1 aliphatic heterocycles. The van der Waals surface area contributed by atoms with E-state index in [1.807, 2.05) is 11.4 Å². The summed E-state index contributed by atoms with van der Waals surface area (Å²) in [6.07, 6.45) is 2.50. The van der Waals surface area contributed by atoms with Crippen LogP contribution in [0.3, 0.4) is 0 Å². The summed E-state index contributed by atoms with van der Waals surface area (Å²) in [5.74, 6) is 1.02. The summed E-state index contributed by atoms with van der Waals surface area (Å²) in [5.41, 5.74) is 0. The Kier molecular flexibility index (Phi) is 4.78. The number of carbonyl (C=O) groups is 1. The van der Waals surface area contributed by atoms with Gasteiger partial charge in [0.2, 0.25) is 0 Å². The second-order valence-electron chi connectivity index (χ2n) is 5.36. The van der Waals surface area contributed by atoms with Crippen molar-refractivity contribution >= 4 is 17.2 Å². The molecular weight excluding hydrogens is 244 g/mol. The lowest BCUT2D eigenvalue weighted by Gasteiger charge is -2.31. The molecule has 1 atom stereocenters. The number of nitrogens with one attached hydrogen (secondary N) is 2. The Hall–Kier alpha value is -0.870. The van der Waals surface area contributed by atoms with Crippen LogP contribution in [0.2, 0.25) is 0 Å². The minimum absolute atomic E-state index is 0.0810. The van der Waals surface area contributed by atoms with E-state index in [1.54, 1.807) is 11.3 Å². The average molecular weight is 267 g/mol. The van der Waals surface area contributed by atoms with Gasteiger partial charge in [0.15, 0.2) is 6.04 Å². The third-order valence-corrected chi connectivity index (χ3v) is 4.82. The summed E-state index contributed by atoms with van der Waals surface area (Å²) in [7, 11) is 0. The molecule has 0 bridgehead atoms. The van der Waals surface area contributed by atoms with E-state index < -0.39 is 0 Å². The quantitative estimate of drug-likeness (QED) is 0.840. The molecule has 0 aliphatic carbocycles. The molecule has 100 valence electrons. The fourth-order valence-corrected chi connectivity index (χ4v) is 3.14. The summed E-state index contributed by atoms with van der Waals surface area (Å²) in [4.78, 5) is 14.8. The number of carbonyl (C=O) groups excluding carboxylic acids is 1. The van der Waals surface area contributed by atoms with Gasteiger partial charge in [-0.15, -0.1) is 11.3 Å². The minimum atomic E-state index is 0.0810. The number of quaternary nitrogens is 1. The fourth-order valence-electron chi connectivity index (χ4n) is 2.49. The predicted octanol–water partition coefficient (Wildman–Crippen LogP) is 1.07. The highest BCUT2D eigenvalue weighted by Gasteiger charge is 2.28. The second kappa shape index (κ2) is 6.34. The van der Waals surface area contributed by atoms with Crippen molar-refractivity contribution in [1.82, 2.24) is 5.32 Å². The van der Waals surface area contributed by atoms with Crippen molar-refractivity contribution < 1.29 is 9.69 Å². The van der Waals surface area contributed by atoms with E-state index in [0.29, 0.717) is 6.54 Å². The number of hydrogen-bond acceptors (Lipinski definition) is 2. The Morgan fingerprint density at radius 1 is 1.56 bits per heavy atom. The summed E-state index contributed by atoms with van der Waals surface area (Å²) in [5, 5.41) is 5.09. The first-order valence-corrected chi connectivity index (χ1v) is 7.69. The van der Waals surface area contributed by atoms with Crippen LogP contribution in [-0.4, -0.2) is 25.0 Å². The number of likely N-dealkylation sites (tertiary alicyclic amines) is 1. The van der Waals surface area contributed by atoms with Crippen molar-refractivity contribution in [3.05, 3.63) is 22.4 Å². The van der Waals surface area contributed by atoms with Gasteiger partial charge in [0.05, 0.1) is 19.6 Å². The van der Waals surface area contributed by atoms with Crippen LogP contribution in [0.1, 0.15) is 31.6 Å². The monoisotopic (exact) mass is 267 g/mol. The highest BCUT2D eigenvalue weighted by Crippen LogP contribution is 2.08. The Balaban J connectivity index is 1.77. The Labute approximate surface area is 113 Å². The highest BCUT2D eigenvalue weighted by atomic mass is 32.1. The van der Waals surface area contributed by atoms with Gasteiger partial charge in [0.25, 0.3) is 5.91 Å². The van der Waals surface area contributed by atoms with E-state index in [2.05, 4.69) is 25.2 Å². The molecule has 4 heteroatoms. The van der Waals surface area contributed by atoms with Gasteiger partial charge in [-0.2, -0.15) is 0 Å². The number of rotatable bonds is 4. The van der Waals surface area contributed by atoms with E-state index in [9.17, 15) is 4.79 Å². The molecule has 1 aliphatic rings. The summed E-state index contributed by atoms with van der Waals surface area (Å²) < 4.78 is 0.